The third kappa shape index (κ3) is 3.62. The van der Waals surface area contributed by atoms with Crippen LogP contribution in [0.1, 0.15) is 13.3 Å². The van der Waals surface area contributed by atoms with Crippen LogP contribution in [-0.2, 0) is 14.8 Å². The lowest BCUT2D eigenvalue weighted by Crippen LogP contribution is -2.40. The number of hydrogen-bond acceptors (Lipinski definition) is 4. The highest BCUT2D eigenvalue weighted by Crippen LogP contribution is 2.29. The molecule has 0 bridgehead atoms. The fourth-order valence-electron chi connectivity index (χ4n) is 1.70. The van der Waals surface area contributed by atoms with Crippen LogP contribution in [0.2, 0.25) is 5.02 Å². The second-order valence-corrected chi connectivity index (χ2v) is 6.45. The highest BCUT2D eigenvalue weighted by Gasteiger charge is 2.29. The highest BCUT2D eigenvalue weighted by atomic mass is 35.5. The molecule has 1 aromatic carbocycles. The van der Waals surface area contributed by atoms with Crippen molar-refractivity contribution in [2.24, 2.45) is 0 Å². The number of benzene rings is 1. The number of carbonyl (C=O) groups excluding carboxylic acids is 1. The van der Waals surface area contributed by atoms with E-state index >= 15 is 0 Å². The van der Waals surface area contributed by atoms with Crippen LogP contribution in [0.4, 0.5) is 5.69 Å². The van der Waals surface area contributed by atoms with Gasteiger partial charge in [-0.2, -0.15) is 4.31 Å². The first-order chi connectivity index (χ1) is 9.34. The van der Waals surface area contributed by atoms with E-state index in [0.717, 1.165) is 4.31 Å². The normalized spacial score (nSPS) is 11.6. The third-order valence-electron chi connectivity index (χ3n) is 2.67. The van der Waals surface area contributed by atoms with Crippen molar-refractivity contribution in [1.29, 1.82) is 0 Å². The van der Waals surface area contributed by atoms with Crippen molar-refractivity contribution in [2.75, 3.05) is 25.9 Å². The number of anilines is 1. The summed E-state index contributed by atoms with van der Waals surface area (Å²) in [5, 5.41) is 2.44. The molecule has 8 heteroatoms. The Morgan fingerprint density at radius 1 is 1.45 bits per heavy atom. The van der Waals surface area contributed by atoms with Crippen molar-refractivity contribution >= 4 is 33.2 Å². The van der Waals surface area contributed by atoms with Crippen LogP contribution in [0.15, 0.2) is 23.1 Å². The molecule has 0 heterocycles. The quantitative estimate of drug-likeness (QED) is 0.767. The summed E-state index contributed by atoms with van der Waals surface area (Å²) in [7, 11) is -2.47. The van der Waals surface area contributed by atoms with Gasteiger partial charge in [0, 0.05) is 13.6 Å². The zero-order valence-corrected chi connectivity index (χ0v) is 13.0. The van der Waals surface area contributed by atoms with E-state index in [1.165, 1.54) is 19.2 Å². The summed E-state index contributed by atoms with van der Waals surface area (Å²) in [5.74, 6) is -0.396. The van der Waals surface area contributed by atoms with Gasteiger partial charge >= 0.3 is 0 Å². The minimum atomic E-state index is -3.91. The lowest BCUT2D eigenvalue weighted by atomic mass is 10.3. The Hall–Kier alpha value is -1.31. The molecule has 1 amide bonds. The Morgan fingerprint density at radius 3 is 2.60 bits per heavy atom. The summed E-state index contributed by atoms with van der Waals surface area (Å²) in [6.07, 6.45) is 0.570. The van der Waals surface area contributed by atoms with Crippen LogP contribution in [0.5, 0.6) is 0 Å². The molecule has 0 saturated carbocycles. The van der Waals surface area contributed by atoms with Crippen molar-refractivity contribution in [3.05, 3.63) is 23.2 Å². The van der Waals surface area contributed by atoms with E-state index in [0.29, 0.717) is 6.42 Å². The molecule has 0 atom stereocenters. The molecule has 0 spiro atoms. The van der Waals surface area contributed by atoms with Gasteiger partial charge in [-0.25, -0.2) is 8.42 Å². The lowest BCUT2D eigenvalue weighted by molar-refractivity contribution is -0.120. The molecule has 0 aromatic heterocycles. The average molecular weight is 320 g/mol. The van der Waals surface area contributed by atoms with Crippen LogP contribution in [-0.4, -0.2) is 38.8 Å². The monoisotopic (exact) mass is 319 g/mol. The van der Waals surface area contributed by atoms with Gasteiger partial charge in [0.2, 0.25) is 15.9 Å². The van der Waals surface area contributed by atoms with E-state index in [-0.39, 0.29) is 28.7 Å². The summed E-state index contributed by atoms with van der Waals surface area (Å²) in [6, 6.07) is 4.48. The SMILES string of the molecule is CCCN(CC(=O)NC)S(=O)(=O)c1c(N)cccc1Cl. The van der Waals surface area contributed by atoms with Gasteiger partial charge in [-0.05, 0) is 18.6 Å². The number of amides is 1. The number of nitrogens with two attached hydrogens (primary N) is 1. The number of carbonyl (C=O) groups is 1. The zero-order valence-electron chi connectivity index (χ0n) is 11.4. The summed E-state index contributed by atoms with van der Waals surface area (Å²) in [6.45, 7) is 1.76. The number of nitrogen functional groups attached to an aromatic ring is 1. The Kier molecular flexibility index (Phi) is 5.79. The van der Waals surface area contributed by atoms with Crippen molar-refractivity contribution in [3.8, 4) is 0 Å². The van der Waals surface area contributed by atoms with Gasteiger partial charge in [0.15, 0.2) is 0 Å². The minimum Gasteiger partial charge on any atom is -0.398 e. The first-order valence-electron chi connectivity index (χ1n) is 6.09. The van der Waals surface area contributed by atoms with Gasteiger partial charge in [-0.1, -0.05) is 24.6 Å². The number of nitrogens with zero attached hydrogens (tertiary/aromatic N) is 1. The van der Waals surface area contributed by atoms with Crippen LogP contribution in [0.3, 0.4) is 0 Å². The van der Waals surface area contributed by atoms with E-state index in [1.54, 1.807) is 6.07 Å². The first-order valence-corrected chi connectivity index (χ1v) is 7.91. The van der Waals surface area contributed by atoms with Crippen molar-refractivity contribution in [1.82, 2.24) is 9.62 Å². The van der Waals surface area contributed by atoms with Crippen molar-refractivity contribution < 1.29 is 13.2 Å². The maximum Gasteiger partial charge on any atom is 0.247 e. The summed E-state index contributed by atoms with van der Waals surface area (Å²) in [4.78, 5) is 11.3. The van der Waals surface area contributed by atoms with Crippen LogP contribution in [0.25, 0.3) is 0 Å². The second-order valence-electron chi connectivity index (χ2n) is 4.17. The van der Waals surface area contributed by atoms with Crippen molar-refractivity contribution in [2.45, 2.75) is 18.2 Å². The predicted molar refractivity (Wildman–Crippen MR) is 79.0 cm³/mol. The van der Waals surface area contributed by atoms with Gasteiger partial charge in [-0.15, -0.1) is 0 Å². The first kappa shape index (κ1) is 16.7. The fraction of sp³-hybridized carbons (Fsp3) is 0.417. The molecule has 3 N–H and O–H groups in total. The van der Waals surface area contributed by atoms with E-state index in [1.807, 2.05) is 6.92 Å². The molecule has 0 aliphatic carbocycles. The molecule has 20 heavy (non-hydrogen) atoms. The second kappa shape index (κ2) is 6.92. The number of sulfonamides is 1. The fourth-order valence-corrected chi connectivity index (χ4v) is 3.82. The van der Waals surface area contributed by atoms with Crippen molar-refractivity contribution in [3.63, 3.8) is 0 Å². The molecule has 0 aliphatic heterocycles. The topological polar surface area (TPSA) is 92.5 Å². The minimum absolute atomic E-state index is 0.0445. The summed E-state index contributed by atoms with van der Waals surface area (Å²) in [5.41, 5.74) is 5.78. The number of halogens is 1. The van der Waals surface area contributed by atoms with E-state index in [2.05, 4.69) is 5.32 Å². The Balaban J connectivity index is 3.26. The summed E-state index contributed by atoms with van der Waals surface area (Å²) >= 11 is 5.94. The van der Waals surface area contributed by atoms with Gasteiger partial charge in [-0.3, -0.25) is 4.79 Å². The predicted octanol–water partition coefficient (Wildman–Crippen LogP) is 1.07. The molecular weight excluding hydrogens is 302 g/mol. The number of nitrogens with one attached hydrogen (secondary N) is 1. The molecule has 0 unspecified atom stereocenters. The molecule has 6 nitrogen and oxygen atoms in total. The van der Waals surface area contributed by atoms with Crippen LogP contribution < -0.4 is 11.1 Å². The van der Waals surface area contributed by atoms with Gasteiger partial charge in [0.05, 0.1) is 17.3 Å². The number of hydrogen-bond donors (Lipinski definition) is 2. The van der Waals surface area contributed by atoms with Crippen LogP contribution in [0, 0.1) is 0 Å². The Bertz CT molecular complexity index is 569. The molecule has 0 saturated heterocycles. The zero-order chi connectivity index (χ0) is 15.3. The van der Waals surface area contributed by atoms with Crippen LogP contribution >= 0.6 is 11.6 Å². The van der Waals surface area contributed by atoms with Gasteiger partial charge < -0.3 is 11.1 Å². The molecule has 0 fully saturated rings. The molecule has 1 rings (SSSR count). The maximum atomic E-state index is 12.6. The van der Waals surface area contributed by atoms with E-state index < -0.39 is 15.9 Å². The van der Waals surface area contributed by atoms with E-state index in [9.17, 15) is 13.2 Å². The third-order valence-corrected chi connectivity index (χ3v) is 5.06. The van der Waals surface area contributed by atoms with Gasteiger partial charge in [0.25, 0.3) is 0 Å². The number of rotatable bonds is 6. The Labute approximate surface area is 123 Å². The highest BCUT2D eigenvalue weighted by molar-refractivity contribution is 7.89. The van der Waals surface area contributed by atoms with E-state index in [4.69, 9.17) is 17.3 Å². The smallest absolute Gasteiger partial charge is 0.247 e. The standard InChI is InChI=1S/C12H18ClN3O3S/c1-3-7-16(8-11(17)15-2)20(18,19)12-9(13)5-4-6-10(12)14/h4-6H,3,7-8,14H2,1-2H3,(H,15,17). The molecule has 112 valence electrons. The molecule has 0 radical (unpaired) electrons. The number of likely N-dealkylation sites (N-methyl/N-ethyl adjacent to an activating group) is 1. The molecular formula is C12H18ClN3O3S. The lowest BCUT2D eigenvalue weighted by Gasteiger charge is -2.22. The maximum absolute atomic E-state index is 12.6. The summed E-state index contributed by atoms with van der Waals surface area (Å²) < 4.78 is 26.3. The largest absolute Gasteiger partial charge is 0.398 e. The van der Waals surface area contributed by atoms with Gasteiger partial charge in [0.1, 0.15) is 4.90 Å². The molecule has 1 aromatic rings. The molecule has 0 aliphatic rings. The Morgan fingerprint density at radius 2 is 2.10 bits per heavy atom. The average Bonchev–Trinajstić information content (AvgIpc) is 2.37.